The third-order valence-corrected chi connectivity index (χ3v) is 5.46. The Bertz CT molecular complexity index is 726. The molecule has 0 N–H and O–H groups in total. The number of amides is 1. The molecule has 1 spiro atoms. The molecule has 0 aromatic heterocycles. The zero-order valence-electron chi connectivity index (χ0n) is 14.6. The Kier molecular flexibility index (Phi) is 3.91. The van der Waals surface area contributed by atoms with E-state index in [4.69, 9.17) is 9.47 Å². The van der Waals surface area contributed by atoms with Crippen molar-refractivity contribution in [2.45, 2.75) is 38.4 Å². The van der Waals surface area contributed by atoms with Gasteiger partial charge < -0.3 is 14.4 Å². The number of nitrogens with zero attached hydrogens (tertiary/aromatic N) is 1. The van der Waals surface area contributed by atoms with Crippen molar-refractivity contribution in [3.05, 3.63) is 42.0 Å². The van der Waals surface area contributed by atoms with Gasteiger partial charge >= 0.3 is 5.97 Å². The van der Waals surface area contributed by atoms with Crippen molar-refractivity contribution >= 4 is 17.6 Å². The Morgan fingerprint density at radius 3 is 2.84 bits per heavy atom. The van der Waals surface area contributed by atoms with Crippen LogP contribution in [0.5, 0.6) is 0 Å². The van der Waals surface area contributed by atoms with E-state index in [0.29, 0.717) is 13.2 Å². The summed E-state index contributed by atoms with van der Waals surface area (Å²) in [6.45, 7) is 4.91. The van der Waals surface area contributed by atoms with Crippen LogP contribution < -0.4 is 4.90 Å². The number of carbonyl (C=O) groups is 2. The number of hydrogen-bond acceptors (Lipinski definition) is 4. The molecule has 0 aliphatic carbocycles. The smallest absolute Gasteiger partial charge is 0.312 e. The van der Waals surface area contributed by atoms with Crippen molar-refractivity contribution < 1.29 is 19.1 Å². The molecule has 5 nitrogen and oxygen atoms in total. The number of anilines is 1. The maximum Gasteiger partial charge on any atom is 0.312 e. The third-order valence-electron chi connectivity index (χ3n) is 5.46. The average Bonchev–Trinajstić information content (AvgIpc) is 3.24. The molecule has 2 bridgehead atoms. The predicted octanol–water partition coefficient (Wildman–Crippen LogP) is 2.62. The van der Waals surface area contributed by atoms with Crippen LogP contribution in [0.1, 0.15) is 25.3 Å². The average molecular weight is 341 g/mol. The lowest BCUT2D eigenvalue weighted by atomic mass is 9.77. The van der Waals surface area contributed by atoms with Gasteiger partial charge in [0.1, 0.15) is 11.5 Å². The van der Waals surface area contributed by atoms with Gasteiger partial charge in [0, 0.05) is 5.69 Å². The van der Waals surface area contributed by atoms with E-state index in [-0.39, 0.29) is 18.0 Å². The number of ether oxygens (including phenoxy) is 2. The number of carbonyl (C=O) groups excluding carboxylic acids is 2. The van der Waals surface area contributed by atoms with Crippen molar-refractivity contribution in [1.82, 2.24) is 0 Å². The summed E-state index contributed by atoms with van der Waals surface area (Å²) in [4.78, 5) is 27.4. The van der Waals surface area contributed by atoms with Gasteiger partial charge in [-0.1, -0.05) is 43.2 Å². The second-order valence-electron chi connectivity index (χ2n) is 7.18. The summed E-state index contributed by atoms with van der Waals surface area (Å²) < 4.78 is 11.5. The number of rotatable bonds is 5. The summed E-state index contributed by atoms with van der Waals surface area (Å²) in [6, 6.07) is 7.85. The lowest BCUT2D eigenvalue weighted by Crippen LogP contribution is -2.40. The number of esters is 1. The number of aryl methyl sites for hydroxylation is 1. The second-order valence-corrected chi connectivity index (χ2v) is 7.18. The molecule has 0 radical (unpaired) electrons. The Morgan fingerprint density at radius 1 is 1.36 bits per heavy atom. The fourth-order valence-electron chi connectivity index (χ4n) is 4.12. The van der Waals surface area contributed by atoms with Crippen molar-refractivity contribution in [3.63, 3.8) is 0 Å². The van der Waals surface area contributed by atoms with Gasteiger partial charge in [-0.3, -0.25) is 9.59 Å². The summed E-state index contributed by atoms with van der Waals surface area (Å²) in [6.07, 6.45) is 5.33. The molecule has 3 aliphatic heterocycles. The number of hydrogen-bond donors (Lipinski definition) is 0. The van der Waals surface area contributed by atoms with Crippen molar-refractivity contribution in [2.24, 2.45) is 11.8 Å². The van der Waals surface area contributed by atoms with E-state index < -0.39 is 17.4 Å². The highest BCUT2D eigenvalue weighted by Crippen LogP contribution is 2.52. The summed E-state index contributed by atoms with van der Waals surface area (Å²) in [5, 5.41) is 0. The monoisotopic (exact) mass is 341 g/mol. The molecule has 1 amide bonds. The van der Waals surface area contributed by atoms with Gasteiger partial charge in [0.15, 0.2) is 0 Å². The Labute approximate surface area is 147 Å². The molecule has 1 aromatic rings. The highest BCUT2D eigenvalue weighted by Gasteiger charge is 2.67. The number of unbranched alkanes of at least 4 members (excludes halogenated alkanes) is 1. The molecule has 132 valence electrons. The van der Waals surface area contributed by atoms with Crippen LogP contribution in [0, 0.1) is 18.8 Å². The van der Waals surface area contributed by atoms with Gasteiger partial charge in [-0.15, -0.1) is 0 Å². The van der Waals surface area contributed by atoms with Crippen LogP contribution in [-0.4, -0.2) is 36.7 Å². The van der Waals surface area contributed by atoms with E-state index in [1.165, 1.54) is 0 Å². The largest absolute Gasteiger partial charge is 0.465 e. The van der Waals surface area contributed by atoms with E-state index >= 15 is 0 Å². The minimum absolute atomic E-state index is 0.0480. The standard InChI is InChI=1S/C20H23NO4/c1-3-4-11-24-19(23)16-15-9-10-20(25-15)12-21(18(22)17(16)20)14-7-5-13(2)6-8-14/h5-10,15-17H,3-4,11-12H2,1-2H3/t15-,16+,17+,20+/m0/s1. The lowest BCUT2D eigenvalue weighted by molar-refractivity contribution is -0.152. The summed E-state index contributed by atoms with van der Waals surface area (Å²) in [5.41, 5.74) is 1.29. The van der Waals surface area contributed by atoms with E-state index in [1.54, 1.807) is 4.90 Å². The summed E-state index contributed by atoms with van der Waals surface area (Å²) in [5.74, 6) is -1.38. The van der Waals surface area contributed by atoms with Crippen LogP contribution >= 0.6 is 0 Å². The molecule has 2 saturated heterocycles. The molecule has 0 saturated carbocycles. The van der Waals surface area contributed by atoms with Gasteiger partial charge in [-0.25, -0.2) is 0 Å². The van der Waals surface area contributed by atoms with Gasteiger partial charge in [0.25, 0.3) is 0 Å². The van der Waals surface area contributed by atoms with Gasteiger partial charge in [0.2, 0.25) is 5.91 Å². The summed E-state index contributed by atoms with van der Waals surface area (Å²) in [7, 11) is 0. The van der Waals surface area contributed by atoms with E-state index in [1.807, 2.05) is 50.3 Å². The van der Waals surface area contributed by atoms with Crippen molar-refractivity contribution in [1.29, 1.82) is 0 Å². The first-order valence-corrected chi connectivity index (χ1v) is 8.97. The molecule has 1 aromatic carbocycles. The molecule has 3 heterocycles. The minimum atomic E-state index is -0.693. The topological polar surface area (TPSA) is 55.8 Å². The maximum absolute atomic E-state index is 13.1. The van der Waals surface area contributed by atoms with Gasteiger partial charge in [-0.2, -0.15) is 0 Å². The van der Waals surface area contributed by atoms with Crippen LogP contribution in [0.25, 0.3) is 0 Å². The van der Waals surface area contributed by atoms with E-state index in [9.17, 15) is 9.59 Å². The molecule has 25 heavy (non-hydrogen) atoms. The minimum Gasteiger partial charge on any atom is -0.465 e. The van der Waals surface area contributed by atoms with Crippen LogP contribution in [0.3, 0.4) is 0 Å². The Morgan fingerprint density at radius 2 is 2.12 bits per heavy atom. The van der Waals surface area contributed by atoms with Crippen LogP contribution in [0.2, 0.25) is 0 Å². The lowest BCUT2D eigenvalue weighted by Gasteiger charge is -2.22. The van der Waals surface area contributed by atoms with E-state index in [0.717, 1.165) is 24.1 Å². The predicted molar refractivity (Wildman–Crippen MR) is 93.1 cm³/mol. The van der Waals surface area contributed by atoms with Crippen molar-refractivity contribution in [3.8, 4) is 0 Å². The van der Waals surface area contributed by atoms with Gasteiger partial charge in [0.05, 0.1) is 25.2 Å². The quantitative estimate of drug-likeness (QED) is 0.469. The fourth-order valence-corrected chi connectivity index (χ4v) is 4.12. The zero-order valence-corrected chi connectivity index (χ0v) is 14.6. The number of fused-ring (bicyclic) bond motifs is 1. The van der Waals surface area contributed by atoms with Crippen LogP contribution in [-0.2, 0) is 19.1 Å². The van der Waals surface area contributed by atoms with Crippen LogP contribution in [0.4, 0.5) is 5.69 Å². The zero-order chi connectivity index (χ0) is 17.6. The van der Waals surface area contributed by atoms with Gasteiger partial charge in [-0.05, 0) is 25.5 Å². The first kappa shape index (κ1) is 16.3. The SMILES string of the molecule is CCCCOC(=O)[C@@H]1[C@@H]2C=C[C@]3(CN(c4ccc(C)cc4)C(=O)[C@@H]13)O2. The molecule has 4 rings (SSSR count). The third kappa shape index (κ3) is 2.49. The molecular formula is C20H23NO4. The first-order chi connectivity index (χ1) is 12.1. The van der Waals surface area contributed by atoms with Crippen LogP contribution in [0.15, 0.2) is 36.4 Å². The van der Waals surface area contributed by atoms with Crippen molar-refractivity contribution in [2.75, 3.05) is 18.1 Å². The molecule has 4 atom stereocenters. The fraction of sp³-hybridized carbons (Fsp3) is 0.500. The molecule has 2 fully saturated rings. The van der Waals surface area contributed by atoms with E-state index in [2.05, 4.69) is 0 Å². The molecule has 0 unspecified atom stereocenters. The molecular weight excluding hydrogens is 318 g/mol. The molecule has 3 aliphatic rings. The molecule has 5 heteroatoms. The maximum atomic E-state index is 13.1. The highest BCUT2D eigenvalue weighted by atomic mass is 16.6. The highest BCUT2D eigenvalue weighted by molar-refractivity contribution is 6.02. The first-order valence-electron chi connectivity index (χ1n) is 8.97. The Hall–Kier alpha value is -2.14. The number of benzene rings is 1. The summed E-state index contributed by atoms with van der Waals surface area (Å²) >= 11 is 0. The second kappa shape index (κ2) is 5.99. The normalized spacial score (nSPS) is 32.3. The Balaban J connectivity index is 1.59.